The van der Waals surface area contributed by atoms with Gasteiger partial charge in [0.25, 0.3) is 0 Å². The van der Waals surface area contributed by atoms with E-state index >= 15 is 0 Å². The lowest BCUT2D eigenvalue weighted by atomic mass is 10.1. The Morgan fingerprint density at radius 1 is 1.50 bits per heavy atom. The largest absolute Gasteiger partial charge is 0.496 e. The Kier molecular flexibility index (Phi) is 6.27. The van der Waals surface area contributed by atoms with Crippen molar-refractivity contribution in [3.8, 4) is 5.75 Å². The van der Waals surface area contributed by atoms with Crippen LogP contribution in [0.4, 0.5) is 0 Å². The zero-order chi connectivity index (χ0) is 15.1. The maximum Gasteiger partial charge on any atom is 0.173 e. The first-order chi connectivity index (χ1) is 9.47. The summed E-state index contributed by atoms with van der Waals surface area (Å²) in [6.07, 6.45) is 0.417. The second-order valence-corrected chi connectivity index (χ2v) is 4.90. The van der Waals surface area contributed by atoms with Crippen LogP contribution in [-0.2, 0) is 6.54 Å². The SMILES string of the molecule is COc1ccc(CN(C)CCC(C)O)cc1/C(N)=N/O. The van der Waals surface area contributed by atoms with Crippen LogP contribution in [0.3, 0.4) is 0 Å². The fourth-order valence-electron chi connectivity index (χ4n) is 1.91. The molecule has 1 aromatic carbocycles. The van der Waals surface area contributed by atoms with Gasteiger partial charge in [-0.05, 0) is 38.1 Å². The quantitative estimate of drug-likeness (QED) is 0.300. The number of oxime groups is 1. The van der Waals surface area contributed by atoms with E-state index in [-0.39, 0.29) is 11.9 Å². The number of benzene rings is 1. The standard InChI is InChI=1S/C14H23N3O3/c1-10(18)6-7-17(2)9-11-4-5-13(20-3)12(8-11)14(15)16-19/h4-5,8,10,18-19H,6-7,9H2,1-3H3,(H2,15,16). The maximum absolute atomic E-state index is 9.28. The van der Waals surface area contributed by atoms with E-state index in [1.54, 1.807) is 13.0 Å². The number of nitrogens with zero attached hydrogens (tertiary/aromatic N) is 2. The highest BCUT2D eigenvalue weighted by molar-refractivity contribution is 5.99. The predicted molar refractivity (Wildman–Crippen MR) is 78.1 cm³/mol. The molecule has 6 nitrogen and oxygen atoms in total. The highest BCUT2D eigenvalue weighted by Gasteiger charge is 2.10. The third-order valence-corrected chi connectivity index (χ3v) is 3.03. The summed E-state index contributed by atoms with van der Waals surface area (Å²) in [5.41, 5.74) is 7.24. The number of ether oxygens (including phenoxy) is 1. The summed E-state index contributed by atoms with van der Waals surface area (Å²) in [5.74, 6) is 0.589. The van der Waals surface area contributed by atoms with Crippen LogP contribution in [0.2, 0.25) is 0 Å². The van der Waals surface area contributed by atoms with Crippen LogP contribution in [0.5, 0.6) is 5.75 Å². The van der Waals surface area contributed by atoms with E-state index in [0.717, 1.165) is 18.5 Å². The predicted octanol–water partition coefficient (Wildman–Crippen LogP) is 0.992. The van der Waals surface area contributed by atoms with Gasteiger partial charge in [-0.15, -0.1) is 0 Å². The molecule has 0 aliphatic rings. The second-order valence-electron chi connectivity index (χ2n) is 4.90. The van der Waals surface area contributed by atoms with Crippen LogP contribution < -0.4 is 10.5 Å². The van der Waals surface area contributed by atoms with E-state index in [4.69, 9.17) is 15.7 Å². The summed E-state index contributed by atoms with van der Waals surface area (Å²) in [6, 6.07) is 5.57. The summed E-state index contributed by atoms with van der Waals surface area (Å²) >= 11 is 0. The molecule has 112 valence electrons. The summed E-state index contributed by atoms with van der Waals surface area (Å²) in [5, 5.41) is 21.1. The number of aliphatic hydroxyl groups is 1. The lowest BCUT2D eigenvalue weighted by Crippen LogP contribution is -2.22. The van der Waals surface area contributed by atoms with Gasteiger partial charge in [0.15, 0.2) is 5.84 Å². The topological polar surface area (TPSA) is 91.3 Å². The lowest BCUT2D eigenvalue weighted by molar-refractivity contribution is 0.163. The third-order valence-electron chi connectivity index (χ3n) is 3.03. The van der Waals surface area contributed by atoms with Crippen molar-refractivity contribution in [3.63, 3.8) is 0 Å². The molecule has 6 heteroatoms. The molecule has 0 heterocycles. The van der Waals surface area contributed by atoms with E-state index in [0.29, 0.717) is 17.9 Å². The van der Waals surface area contributed by atoms with E-state index in [1.807, 2.05) is 19.2 Å². The van der Waals surface area contributed by atoms with Crippen molar-refractivity contribution >= 4 is 5.84 Å². The maximum atomic E-state index is 9.28. The molecule has 0 saturated carbocycles. The molecule has 0 aliphatic carbocycles. The van der Waals surface area contributed by atoms with Crippen LogP contribution in [0.15, 0.2) is 23.4 Å². The molecule has 0 bridgehead atoms. The average molecular weight is 281 g/mol. The van der Waals surface area contributed by atoms with Crippen molar-refractivity contribution in [3.05, 3.63) is 29.3 Å². The van der Waals surface area contributed by atoms with Gasteiger partial charge in [0.05, 0.1) is 18.8 Å². The van der Waals surface area contributed by atoms with Crippen molar-refractivity contribution < 1.29 is 15.1 Å². The van der Waals surface area contributed by atoms with E-state index < -0.39 is 0 Å². The number of aliphatic hydroxyl groups excluding tert-OH is 1. The van der Waals surface area contributed by atoms with Gasteiger partial charge in [0.1, 0.15) is 5.75 Å². The van der Waals surface area contributed by atoms with E-state index in [9.17, 15) is 5.11 Å². The van der Waals surface area contributed by atoms with Gasteiger partial charge in [0.2, 0.25) is 0 Å². The van der Waals surface area contributed by atoms with Crippen LogP contribution in [-0.4, -0.2) is 47.9 Å². The molecule has 1 unspecified atom stereocenters. The van der Waals surface area contributed by atoms with Crippen LogP contribution in [0, 0.1) is 0 Å². The number of hydrogen-bond acceptors (Lipinski definition) is 5. The van der Waals surface area contributed by atoms with Gasteiger partial charge in [-0.3, -0.25) is 0 Å². The molecule has 0 amide bonds. The van der Waals surface area contributed by atoms with Crippen LogP contribution >= 0.6 is 0 Å². The molecular weight excluding hydrogens is 258 g/mol. The first-order valence-electron chi connectivity index (χ1n) is 6.49. The summed E-state index contributed by atoms with van der Waals surface area (Å²) in [4.78, 5) is 2.10. The van der Waals surface area contributed by atoms with E-state index in [2.05, 4.69) is 10.1 Å². The van der Waals surface area contributed by atoms with Crippen molar-refractivity contribution in [2.45, 2.75) is 26.0 Å². The summed E-state index contributed by atoms with van der Waals surface area (Å²) in [7, 11) is 3.52. The highest BCUT2D eigenvalue weighted by Crippen LogP contribution is 2.20. The van der Waals surface area contributed by atoms with Crippen LogP contribution in [0.25, 0.3) is 0 Å². The second kappa shape index (κ2) is 7.72. The van der Waals surface area contributed by atoms with Gasteiger partial charge in [0, 0.05) is 13.1 Å². The normalized spacial score (nSPS) is 13.6. The fourth-order valence-corrected chi connectivity index (χ4v) is 1.91. The van der Waals surface area contributed by atoms with Gasteiger partial charge in [-0.1, -0.05) is 11.2 Å². The Bertz CT molecular complexity index is 461. The molecule has 1 aromatic rings. The Hall–Kier alpha value is -1.79. The van der Waals surface area contributed by atoms with E-state index in [1.165, 1.54) is 7.11 Å². The van der Waals surface area contributed by atoms with Crippen molar-refractivity contribution in [1.82, 2.24) is 4.90 Å². The van der Waals surface area contributed by atoms with Gasteiger partial charge >= 0.3 is 0 Å². The zero-order valence-electron chi connectivity index (χ0n) is 12.2. The molecule has 20 heavy (non-hydrogen) atoms. The Labute approximate surface area is 119 Å². The molecule has 0 spiro atoms. The van der Waals surface area contributed by atoms with Crippen LogP contribution in [0.1, 0.15) is 24.5 Å². The number of amidine groups is 1. The molecule has 0 aliphatic heterocycles. The smallest absolute Gasteiger partial charge is 0.173 e. The first kappa shape index (κ1) is 16.3. The first-order valence-corrected chi connectivity index (χ1v) is 6.49. The fraction of sp³-hybridized carbons (Fsp3) is 0.500. The summed E-state index contributed by atoms with van der Waals surface area (Å²) in [6.45, 7) is 3.28. The average Bonchev–Trinajstić information content (AvgIpc) is 2.44. The van der Waals surface area contributed by atoms with Gasteiger partial charge < -0.3 is 25.7 Å². The minimum atomic E-state index is -0.305. The molecule has 1 rings (SSSR count). The van der Waals surface area contributed by atoms with Gasteiger partial charge in [-0.25, -0.2) is 0 Å². The Morgan fingerprint density at radius 3 is 2.75 bits per heavy atom. The molecule has 4 N–H and O–H groups in total. The van der Waals surface area contributed by atoms with Crippen molar-refractivity contribution in [2.24, 2.45) is 10.9 Å². The third kappa shape index (κ3) is 4.71. The lowest BCUT2D eigenvalue weighted by Gasteiger charge is -2.18. The molecule has 1 atom stereocenters. The summed E-state index contributed by atoms with van der Waals surface area (Å²) < 4.78 is 5.19. The minimum absolute atomic E-state index is 0.0235. The minimum Gasteiger partial charge on any atom is -0.496 e. The number of rotatable bonds is 7. The molecule has 0 fully saturated rings. The molecule has 0 radical (unpaired) electrons. The van der Waals surface area contributed by atoms with Crippen molar-refractivity contribution in [2.75, 3.05) is 20.7 Å². The number of nitrogens with two attached hydrogens (primary N) is 1. The number of hydrogen-bond donors (Lipinski definition) is 3. The monoisotopic (exact) mass is 281 g/mol. The number of methoxy groups -OCH3 is 1. The Balaban J connectivity index is 2.81. The zero-order valence-corrected chi connectivity index (χ0v) is 12.2. The molecule has 0 aromatic heterocycles. The highest BCUT2D eigenvalue weighted by atomic mass is 16.5. The van der Waals surface area contributed by atoms with Crippen molar-refractivity contribution in [1.29, 1.82) is 0 Å². The molecular formula is C14H23N3O3. The molecule has 0 saturated heterocycles. The Morgan fingerprint density at radius 2 is 2.20 bits per heavy atom. The van der Waals surface area contributed by atoms with Gasteiger partial charge in [-0.2, -0.15) is 0 Å².